The van der Waals surface area contributed by atoms with Crippen LogP contribution in [0.1, 0.15) is 30.1 Å². The van der Waals surface area contributed by atoms with Crippen LogP contribution in [0.2, 0.25) is 0 Å². The molecule has 0 aliphatic carbocycles. The smallest absolute Gasteiger partial charge is 0.328 e. The molecule has 1 aromatic carbocycles. The zero-order chi connectivity index (χ0) is 17.4. The first kappa shape index (κ1) is 17.3. The number of ketones is 1. The van der Waals surface area contributed by atoms with Crippen LogP contribution in [-0.2, 0) is 20.9 Å². The van der Waals surface area contributed by atoms with E-state index in [1.807, 2.05) is 6.92 Å². The van der Waals surface area contributed by atoms with Crippen molar-refractivity contribution >= 4 is 23.3 Å². The Labute approximate surface area is 138 Å². The summed E-state index contributed by atoms with van der Waals surface area (Å²) in [6.07, 6.45) is 2.48. The van der Waals surface area contributed by atoms with Gasteiger partial charge in [-0.05, 0) is 41.1 Å². The van der Waals surface area contributed by atoms with Crippen LogP contribution in [0.3, 0.4) is 0 Å². The molecule has 0 saturated heterocycles. The first-order valence-corrected chi connectivity index (χ1v) is 7.38. The van der Waals surface area contributed by atoms with E-state index in [2.05, 4.69) is 20.8 Å². The molecule has 0 fully saturated rings. The molecule has 126 valence electrons. The number of nitrogens with one attached hydrogen (secondary N) is 1. The van der Waals surface area contributed by atoms with Crippen LogP contribution < -0.4 is 5.32 Å². The average molecular weight is 331 g/mol. The summed E-state index contributed by atoms with van der Waals surface area (Å²) in [5.74, 6) is -1.03. The van der Waals surface area contributed by atoms with Crippen molar-refractivity contribution in [2.45, 2.75) is 26.3 Å². The van der Waals surface area contributed by atoms with Crippen LogP contribution >= 0.6 is 0 Å². The highest BCUT2D eigenvalue weighted by Crippen LogP contribution is 2.11. The third-order valence-corrected chi connectivity index (χ3v) is 3.01. The van der Waals surface area contributed by atoms with Crippen molar-refractivity contribution in [3.8, 4) is 0 Å². The summed E-state index contributed by atoms with van der Waals surface area (Å²) in [5.41, 5.74) is 0.999. The van der Waals surface area contributed by atoms with Gasteiger partial charge < -0.3 is 10.1 Å². The summed E-state index contributed by atoms with van der Waals surface area (Å²) >= 11 is 0. The lowest BCUT2D eigenvalue weighted by molar-refractivity contribution is -0.143. The summed E-state index contributed by atoms with van der Waals surface area (Å²) < 4.78 is 6.08. The van der Waals surface area contributed by atoms with Gasteiger partial charge in [-0.25, -0.2) is 4.68 Å². The van der Waals surface area contributed by atoms with E-state index in [0.717, 1.165) is 6.42 Å². The standard InChI is InChI=1S/C15H17N5O4/c1-2-3-14(22)17-12-6-4-11(5-7-12)13(21)9-24-15(23)8-20-10-16-18-19-20/h4-7,10H,2-3,8-9H2,1H3,(H,17,22). The summed E-state index contributed by atoms with van der Waals surface area (Å²) in [5, 5.41) is 13.0. The Bertz CT molecular complexity index is 697. The molecular formula is C15H17N5O4. The maximum atomic E-state index is 12.0. The number of aromatic nitrogens is 4. The van der Waals surface area contributed by atoms with E-state index < -0.39 is 5.97 Å². The van der Waals surface area contributed by atoms with Crippen LogP contribution in [0.4, 0.5) is 5.69 Å². The number of carbonyl (C=O) groups is 3. The molecule has 0 aliphatic rings. The van der Waals surface area contributed by atoms with Crippen LogP contribution in [0.25, 0.3) is 0 Å². The van der Waals surface area contributed by atoms with Gasteiger partial charge in [0.15, 0.2) is 12.4 Å². The predicted molar refractivity (Wildman–Crippen MR) is 83.1 cm³/mol. The van der Waals surface area contributed by atoms with Crippen molar-refractivity contribution in [2.24, 2.45) is 0 Å². The number of Topliss-reactive ketones (excluding diaryl/α,β-unsaturated/α-hetero) is 1. The van der Waals surface area contributed by atoms with E-state index in [9.17, 15) is 14.4 Å². The van der Waals surface area contributed by atoms with Crippen molar-refractivity contribution < 1.29 is 19.1 Å². The van der Waals surface area contributed by atoms with E-state index in [0.29, 0.717) is 17.7 Å². The van der Waals surface area contributed by atoms with E-state index in [4.69, 9.17) is 4.74 Å². The molecule has 1 amide bonds. The number of ether oxygens (including phenoxy) is 1. The Morgan fingerprint density at radius 2 is 1.96 bits per heavy atom. The minimum absolute atomic E-state index is 0.0758. The van der Waals surface area contributed by atoms with Crippen LogP contribution in [-0.4, -0.2) is 44.5 Å². The number of amides is 1. The third kappa shape index (κ3) is 5.27. The number of hydrogen-bond acceptors (Lipinski definition) is 7. The second-order valence-electron chi connectivity index (χ2n) is 4.97. The lowest BCUT2D eigenvalue weighted by atomic mass is 10.1. The lowest BCUT2D eigenvalue weighted by Gasteiger charge is -2.06. The number of nitrogens with zero attached hydrogens (tertiary/aromatic N) is 4. The summed E-state index contributed by atoms with van der Waals surface area (Å²) in [6.45, 7) is 1.38. The number of hydrogen-bond donors (Lipinski definition) is 1. The molecule has 0 atom stereocenters. The molecule has 0 bridgehead atoms. The molecule has 9 nitrogen and oxygen atoms in total. The van der Waals surface area contributed by atoms with Crippen molar-refractivity contribution in [1.29, 1.82) is 0 Å². The Morgan fingerprint density at radius 1 is 1.21 bits per heavy atom. The molecule has 1 N–H and O–H groups in total. The van der Waals surface area contributed by atoms with Gasteiger partial charge >= 0.3 is 5.97 Å². The maximum Gasteiger partial charge on any atom is 0.328 e. The van der Waals surface area contributed by atoms with Crippen molar-refractivity contribution in [3.63, 3.8) is 0 Å². The van der Waals surface area contributed by atoms with Gasteiger partial charge in [0.2, 0.25) is 5.91 Å². The van der Waals surface area contributed by atoms with Crippen LogP contribution in [0.15, 0.2) is 30.6 Å². The van der Waals surface area contributed by atoms with Gasteiger partial charge in [-0.1, -0.05) is 6.92 Å². The SMILES string of the molecule is CCCC(=O)Nc1ccc(C(=O)COC(=O)Cn2cnnn2)cc1. The molecule has 1 heterocycles. The molecule has 0 radical (unpaired) electrons. The molecule has 0 unspecified atom stereocenters. The van der Waals surface area contributed by atoms with Gasteiger partial charge in [0.1, 0.15) is 12.9 Å². The molecule has 0 aliphatic heterocycles. The van der Waals surface area contributed by atoms with Gasteiger partial charge in [0.25, 0.3) is 0 Å². The van der Waals surface area contributed by atoms with E-state index >= 15 is 0 Å². The Kier molecular flexibility index (Phi) is 6.12. The molecule has 2 rings (SSSR count). The zero-order valence-corrected chi connectivity index (χ0v) is 13.1. The number of esters is 1. The first-order valence-electron chi connectivity index (χ1n) is 7.38. The van der Waals surface area contributed by atoms with Crippen molar-refractivity contribution in [2.75, 3.05) is 11.9 Å². The predicted octanol–water partition coefficient (Wildman–Crippen LogP) is 0.838. The fourth-order valence-electron chi connectivity index (χ4n) is 1.85. The zero-order valence-electron chi connectivity index (χ0n) is 13.1. The number of anilines is 1. The van der Waals surface area contributed by atoms with Gasteiger partial charge in [-0.2, -0.15) is 0 Å². The fourth-order valence-corrected chi connectivity index (χ4v) is 1.85. The molecule has 0 spiro atoms. The fraction of sp³-hybridized carbons (Fsp3) is 0.333. The molecule has 1 aromatic heterocycles. The number of rotatable bonds is 8. The molecule has 9 heteroatoms. The summed E-state index contributed by atoms with van der Waals surface area (Å²) in [7, 11) is 0. The number of carbonyl (C=O) groups excluding carboxylic acids is 3. The average Bonchev–Trinajstić information content (AvgIpc) is 3.06. The Hall–Kier alpha value is -3.10. The summed E-state index contributed by atoms with van der Waals surface area (Å²) in [4.78, 5) is 35.0. The molecule has 0 saturated carbocycles. The van der Waals surface area contributed by atoms with Crippen LogP contribution in [0, 0.1) is 0 Å². The minimum Gasteiger partial charge on any atom is -0.456 e. The van der Waals surface area contributed by atoms with E-state index in [-0.39, 0.29) is 24.8 Å². The van der Waals surface area contributed by atoms with Gasteiger partial charge in [0, 0.05) is 17.7 Å². The highest BCUT2D eigenvalue weighted by Gasteiger charge is 2.11. The molecule has 2 aromatic rings. The van der Waals surface area contributed by atoms with Gasteiger partial charge in [-0.3, -0.25) is 14.4 Å². The van der Waals surface area contributed by atoms with Crippen molar-refractivity contribution in [1.82, 2.24) is 20.2 Å². The highest BCUT2D eigenvalue weighted by atomic mass is 16.5. The van der Waals surface area contributed by atoms with Gasteiger partial charge in [-0.15, -0.1) is 5.10 Å². The normalized spacial score (nSPS) is 10.2. The second kappa shape index (κ2) is 8.51. The quantitative estimate of drug-likeness (QED) is 0.562. The van der Waals surface area contributed by atoms with Crippen LogP contribution in [0.5, 0.6) is 0 Å². The topological polar surface area (TPSA) is 116 Å². The Morgan fingerprint density at radius 3 is 2.58 bits per heavy atom. The first-order chi connectivity index (χ1) is 11.6. The molecular weight excluding hydrogens is 314 g/mol. The summed E-state index contributed by atoms with van der Waals surface area (Å²) in [6, 6.07) is 6.39. The van der Waals surface area contributed by atoms with Gasteiger partial charge in [0.05, 0.1) is 0 Å². The maximum absolute atomic E-state index is 12.0. The largest absolute Gasteiger partial charge is 0.456 e. The third-order valence-electron chi connectivity index (χ3n) is 3.01. The van der Waals surface area contributed by atoms with E-state index in [1.54, 1.807) is 24.3 Å². The number of benzene rings is 1. The highest BCUT2D eigenvalue weighted by molar-refractivity contribution is 5.98. The minimum atomic E-state index is -0.612. The monoisotopic (exact) mass is 331 g/mol. The van der Waals surface area contributed by atoms with E-state index in [1.165, 1.54) is 11.0 Å². The Balaban J connectivity index is 1.81. The second-order valence-corrected chi connectivity index (χ2v) is 4.97. The number of tetrazole rings is 1. The van der Waals surface area contributed by atoms with Crippen molar-refractivity contribution in [3.05, 3.63) is 36.2 Å². The molecule has 24 heavy (non-hydrogen) atoms. The lowest BCUT2D eigenvalue weighted by Crippen LogP contribution is -2.19.